The highest BCUT2D eigenvalue weighted by Gasteiger charge is 2.13. The van der Waals surface area contributed by atoms with Crippen LogP contribution in [0.15, 0.2) is 24.4 Å². The summed E-state index contributed by atoms with van der Waals surface area (Å²) in [6, 6.07) is 6.00. The van der Waals surface area contributed by atoms with Gasteiger partial charge in [-0.05, 0) is 31.0 Å². The van der Waals surface area contributed by atoms with E-state index >= 15 is 0 Å². The second kappa shape index (κ2) is 5.83. The molecule has 0 aliphatic carbocycles. The number of rotatable bonds is 5. The second-order valence-electron chi connectivity index (χ2n) is 4.00. The lowest BCUT2D eigenvalue weighted by atomic mass is 10.1. The molecule has 3 heteroatoms. The maximum atomic E-state index is 5.64. The predicted molar refractivity (Wildman–Crippen MR) is 59.7 cm³/mol. The quantitative estimate of drug-likeness (QED) is 0.736. The van der Waals surface area contributed by atoms with E-state index in [1.54, 1.807) is 0 Å². The van der Waals surface area contributed by atoms with E-state index in [4.69, 9.17) is 4.74 Å². The standard InChI is InChI=1S/C12H18N2O/c1-2-6-14-12(3-1)5-8-15-10-11-4-7-13-9-11/h1-3,6,11,13H,4-5,7-10H2. The van der Waals surface area contributed by atoms with Gasteiger partial charge in [0.2, 0.25) is 0 Å². The van der Waals surface area contributed by atoms with Crippen molar-refractivity contribution in [2.45, 2.75) is 12.8 Å². The van der Waals surface area contributed by atoms with Gasteiger partial charge in [0.1, 0.15) is 0 Å². The van der Waals surface area contributed by atoms with Crippen LogP contribution >= 0.6 is 0 Å². The molecule has 1 aromatic rings. The normalized spacial score (nSPS) is 20.7. The van der Waals surface area contributed by atoms with Crippen molar-refractivity contribution >= 4 is 0 Å². The summed E-state index contributed by atoms with van der Waals surface area (Å²) in [6.45, 7) is 3.94. The van der Waals surface area contributed by atoms with Crippen LogP contribution in [0.25, 0.3) is 0 Å². The van der Waals surface area contributed by atoms with E-state index in [2.05, 4.69) is 10.3 Å². The number of ether oxygens (including phenoxy) is 1. The molecule has 0 radical (unpaired) electrons. The van der Waals surface area contributed by atoms with Crippen molar-refractivity contribution < 1.29 is 4.74 Å². The van der Waals surface area contributed by atoms with Crippen molar-refractivity contribution in [1.29, 1.82) is 0 Å². The van der Waals surface area contributed by atoms with Gasteiger partial charge in [0.25, 0.3) is 0 Å². The van der Waals surface area contributed by atoms with Crippen LogP contribution in [0.4, 0.5) is 0 Å². The lowest BCUT2D eigenvalue weighted by Crippen LogP contribution is -2.14. The fraction of sp³-hybridized carbons (Fsp3) is 0.583. The Hall–Kier alpha value is -0.930. The fourth-order valence-electron chi connectivity index (χ4n) is 1.83. The predicted octanol–water partition coefficient (Wildman–Crippen LogP) is 1.25. The summed E-state index contributed by atoms with van der Waals surface area (Å²) in [4.78, 5) is 4.26. The SMILES string of the molecule is c1ccc(CCOCC2CCNC2)nc1. The summed E-state index contributed by atoms with van der Waals surface area (Å²) in [5.41, 5.74) is 1.11. The van der Waals surface area contributed by atoms with Crippen LogP contribution in [0.5, 0.6) is 0 Å². The first-order valence-corrected chi connectivity index (χ1v) is 5.63. The zero-order valence-electron chi connectivity index (χ0n) is 8.98. The van der Waals surface area contributed by atoms with Crippen LogP contribution in [0.1, 0.15) is 12.1 Å². The van der Waals surface area contributed by atoms with Gasteiger partial charge in [-0.25, -0.2) is 0 Å². The minimum atomic E-state index is 0.716. The first-order valence-electron chi connectivity index (χ1n) is 5.63. The highest BCUT2D eigenvalue weighted by atomic mass is 16.5. The molecule has 2 heterocycles. The Morgan fingerprint density at radius 1 is 1.47 bits per heavy atom. The number of hydrogen-bond acceptors (Lipinski definition) is 3. The maximum absolute atomic E-state index is 5.64. The fourth-order valence-corrected chi connectivity index (χ4v) is 1.83. The third-order valence-electron chi connectivity index (χ3n) is 2.74. The van der Waals surface area contributed by atoms with Crippen LogP contribution in [-0.4, -0.2) is 31.3 Å². The van der Waals surface area contributed by atoms with Gasteiger partial charge in [0.05, 0.1) is 13.2 Å². The molecule has 82 valence electrons. The van der Waals surface area contributed by atoms with Crippen molar-refractivity contribution in [2.75, 3.05) is 26.3 Å². The molecule has 1 aliphatic heterocycles. The third-order valence-corrected chi connectivity index (χ3v) is 2.74. The Morgan fingerprint density at radius 3 is 3.20 bits per heavy atom. The van der Waals surface area contributed by atoms with Gasteiger partial charge in [-0.15, -0.1) is 0 Å². The highest BCUT2D eigenvalue weighted by Crippen LogP contribution is 2.07. The molecule has 1 N–H and O–H groups in total. The summed E-state index contributed by atoms with van der Waals surface area (Å²) >= 11 is 0. The summed E-state index contributed by atoms with van der Waals surface area (Å²) in [7, 11) is 0. The van der Waals surface area contributed by atoms with E-state index in [-0.39, 0.29) is 0 Å². The maximum Gasteiger partial charge on any atom is 0.0521 e. The molecule has 0 spiro atoms. The van der Waals surface area contributed by atoms with Crippen LogP contribution in [0, 0.1) is 5.92 Å². The molecule has 15 heavy (non-hydrogen) atoms. The van der Waals surface area contributed by atoms with Crippen LogP contribution in [0.3, 0.4) is 0 Å². The zero-order valence-corrected chi connectivity index (χ0v) is 8.98. The average molecular weight is 206 g/mol. The Morgan fingerprint density at radius 2 is 2.47 bits per heavy atom. The highest BCUT2D eigenvalue weighted by molar-refractivity contribution is 5.03. The molecule has 2 rings (SSSR count). The van der Waals surface area contributed by atoms with Crippen molar-refractivity contribution in [3.8, 4) is 0 Å². The molecule has 1 aliphatic rings. The van der Waals surface area contributed by atoms with Crippen molar-refractivity contribution in [3.05, 3.63) is 30.1 Å². The first-order chi connectivity index (χ1) is 7.45. The van der Waals surface area contributed by atoms with Gasteiger partial charge in [-0.3, -0.25) is 4.98 Å². The first kappa shape index (κ1) is 10.6. The molecular formula is C12H18N2O. The molecule has 1 aromatic heterocycles. The van der Waals surface area contributed by atoms with Crippen LogP contribution in [0.2, 0.25) is 0 Å². The number of nitrogens with zero attached hydrogens (tertiary/aromatic N) is 1. The molecule has 3 nitrogen and oxygen atoms in total. The zero-order chi connectivity index (χ0) is 10.3. The smallest absolute Gasteiger partial charge is 0.0521 e. The van der Waals surface area contributed by atoms with E-state index in [0.717, 1.165) is 38.4 Å². The Labute approximate surface area is 90.9 Å². The van der Waals surface area contributed by atoms with E-state index in [1.165, 1.54) is 6.42 Å². The Balaban J connectivity index is 1.59. The molecular weight excluding hydrogens is 188 g/mol. The topological polar surface area (TPSA) is 34.1 Å². The molecule has 0 aromatic carbocycles. The minimum absolute atomic E-state index is 0.716. The van der Waals surface area contributed by atoms with Gasteiger partial charge >= 0.3 is 0 Å². The Bertz CT molecular complexity index is 270. The van der Waals surface area contributed by atoms with E-state index in [0.29, 0.717) is 5.92 Å². The Kier molecular flexibility index (Phi) is 4.11. The number of aromatic nitrogens is 1. The van der Waals surface area contributed by atoms with Crippen LogP contribution < -0.4 is 5.32 Å². The van der Waals surface area contributed by atoms with E-state index in [9.17, 15) is 0 Å². The number of nitrogens with one attached hydrogen (secondary N) is 1. The van der Waals surface area contributed by atoms with Crippen molar-refractivity contribution in [1.82, 2.24) is 10.3 Å². The second-order valence-corrected chi connectivity index (χ2v) is 4.00. The molecule has 1 saturated heterocycles. The third kappa shape index (κ3) is 3.61. The molecule has 1 fully saturated rings. The van der Waals surface area contributed by atoms with Gasteiger partial charge in [-0.2, -0.15) is 0 Å². The number of pyridine rings is 1. The van der Waals surface area contributed by atoms with Gasteiger partial charge in [0, 0.05) is 24.9 Å². The summed E-state index contributed by atoms with van der Waals surface area (Å²) in [5.74, 6) is 0.716. The summed E-state index contributed by atoms with van der Waals surface area (Å²) in [5, 5.41) is 3.34. The van der Waals surface area contributed by atoms with Gasteiger partial charge in [0.15, 0.2) is 0 Å². The summed E-state index contributed by atoms with van der Waals surface area (Å²) < 4.78 is 5.64. The summed E-state index contributed by atoms with van der Waals surface area (Å²) in [6.07, 6.45) is 4.00. The van der Waals surface area contributed by atoms with E-state index < -0.39 is 0 Å². The van der Waals surface area contributed by atoms with Crippen molar-refractivity contribution in [2.24, 2.45) is 5.92 Å². The number of hydrogen-bond donors (Lipinski definition) is 1. The molecule has 0 amide bonds. The average Bonchev–Trinajstić information content (AvgIpc) is 2.79. The molecule has 0 bridgehead atoms. The van der Waals surface area contributed by atoms with Crippen molar-refractivity contribution in [3.63, 3.8) is 0 Å². The monoisotopic (exact) mass is 206 g/mol. The molecule has 1 atom stereocenters. The minimum Gasteiger partial charge on any atom is -0.381 e. The van der Waals surface area contributed by atoms with Gasteiger partial charge < -0.3 is 10.1 Å². The largest absolute Gasteiger partial charge is 0.381 e. The van der Waals surface area contributed by atoms with E-state index in [1.807, 2.05) is 24.4 Å². The molecule has 0 saturated carbocycles. The lowest BCUT2D eigenvalue weighted by Gasteiger charge is -2.08. The molecule has 1 unspecified atom stereocenters. The lowest BCUT2D eigenvalue weighted by molar-refractivity contribution is 0.107. The van der Waals surface area contributed by atoms with Gasteiger partial charge in [-0.1, -0.05) is 6.07 Å². The van der Waals surface area contributed by atoms with Crippen LogP contribution in [-0.2, 0) is 11.2 Å².